The van der Waals surface area contributed by atoms with Crippen LogP contribution < -0.4 is 10.6 Å². The molecule has 1 atom stereocenters. The number of hydrogen-bond donors (Lipinski definition) is 3. The van der Waals surface area contributed by atoms with E-state index in [-0.39, 0.29) is 23.8 Å². The van der Waals surface area contributed by atoms with Gasteiger partial charge in [0.15, 0.2) is 0 Å². The molecule has 0 aliphatic heterocycles. The minimum absolute atomic E-state index is 0.0872. The molecule has 1 unspecified atom stereocenters. The van der Waals surface area contributed by atoms with Gasteiger partial charge in [-0.25, -0.2) is 9.18 Å². The number of aryl methyl sites for hydroxylation is 1. The van der Waals surface area contributed by atoms with Crippen molar-refractivity contribution < 1.29 is 13.6 Å². The first-order valence-corrected chi connectivity index (χ1v) is 7.70. The van der Waals surface area contributed by atoms with Crippen molar-refractivity contribution in [2.75, 3.05) is 5.32 Å². The number of anilines is 1. The molecule has 7 heteroatoms. The van der Waals surface area contributed by atoms with E-state index in [1.54, 1.807) is 12.3 Å². The summed E-state index contributed by atoms with van der Waals surface area (Å²) in [6.07, 6.45) is 3.10. The van der Waals surface area contributed by atoms with Crippen molar-refractivity contribution in [3.05, 3.63) is 47.7 Å². The standard InChI is InChI=1S/C17H19FN4O2/c1-9(2)15(22-17(23)21-12-7-19-20-8-12)16-10(3)13-6-11(18)4-5-14(13)24-16/h4-9,15H,1-3H3,(H,19,20)(H2,21,22,23). The van der Waals surface area contributed by atoms with Gasteiger partial charge in [-0.15, -0.1) is 0 Å². The number of furan rings is 1. The summed E-state index contributed by atoms with van der Waals surface area (Å²) in [5.41, 5.74) is 2.00. The normalized spacial score (nSPS) is 12.5. The molecule has 3 N–H and O–H groups in total. The molecule has 0 aliphatic rings. The SMILES string of the molecule is Cc1c(C(NC(=O)Nc2cn[nH]c2)C(C)C)oc2ccc(F)cc12. The van der Waals surface area contributed by atoms with Crippen molar-refractivity contribution >= 4 is 22.7 Å². The quantitative estimate of drug-likeness (QED) is 0.673. The number of fused-ring (bicyclic) bond motifs is 1. The number of benzene rings is 1. The monoisotopic (exact) mass is 330 g/mol. The van der Waals surface area contributed by atoms with E-state index in [0.717, 1.165) is 5.56 Å². The molecule has 24 heavy (non-hydrogen) atoms. The third-order valence-corrected chi connectivity index (χ3v) is 3.93. The van der Waals surface area contributed by atoms with E-state index < -0.39 is 0 Å². The molecule has 2 heterocycles. The zero-order valence-corrected chi connectivity index (χ0v) is 13.7. The third kappa shape index (κ3) is 3.10. The number of H-pyrrole nitrogens is 1. The fourth-order valence-electron chi connectivity index (χ4n) is 2.67. The zero-order valence-electron chi connectivity index (χ0n) is 13.7. The van der Waals surface area contributed by atoms with Crippen LogP contribution in [0.3, 0.4) is 0 Å². The molecule has 2 aromatic heterocycles. The topological polar surface area (TPSA) is 83.0 Å². The first-order chi connectivity index (χ1) is 11.5. The number of rotatable bonds is 4. The Morgan fingerprint density at radius 2 is 2.17 bits per heavy atom. The van der Waals surface area contributed by atoms with Gasteiger partial charge in [-0.05, 0) is 31.0 Å². The number of amides is 2. The van der Waals surface area contributed by atoms with Crippen LogP contribution in [0.25, 0.3) is 11.0 Å². The van der Waals surface area contributed by atoms with Crippen molar-refractivity contribution in [2.45, 2.75) is 26.8 Å². The number of aromatic nitrogens is 2. The molecule has 126 valence electrons. The van der Waals surface area contributed by atoms with E-state index in [0.29, 0.717) is 22.4 Å². The minimum atomic E-state index is -0.360. The number of urea groups is 1. The molecule has 0 fully saturated rings. The molecule has 0 radical (unpaired) electrons. The molecule has 2 amide bonds. The molecule has 0 aliphatic carbocycles. The Labute approximate surface area is 138 Å². The molecule has 1 aromatic carbocycles. The number of aromatic amines is 1. The van der Waals surface area contributed by atoms with E-state index in [1.165, 1.54) is 18.3 Å². The van der Waals surface area contributed by atoms with Crippen LogP contribution in [0.15, 0.2) is 35.0 Å². The maximum absolute atomic E-state index is 13.5. The maximum Gasteiger partial charge on any atom is 0.319 e. The van der Waals surface area contributed by atoms with Crippen LogP contribution in [0, 0.1) is 18.7 Å². The minimum Gasteiger partial charge on any atom is -0.459 e. The molecule has 0 saturated carbocycles. The summed E-state index contributed by atoms with van der Waals surface area (Å²) in [4.78, 5) is 12.2. The Kier molecular flexibility index (Phi) is 4.24. The van der Waals surface area contributed by atoms with Crippen LogP contribution in [-0.4, -0.2) is 16.2 Å². The van der Waals surface area contributed by atoms with Gasteiger partial charge in [0.25, 0.3) is 0 Å². The van der Waals surface area contributed by atoms with Crippen LogP contribution in [0.1, 0.15) is 31.2 Å². The van der Waals surface area contributed by atoms with Crippen molar-refractivity contribution in [3.8, 4) is 0 Å². The maximum atomic E-state index is 13.5. The summed E-state index contributed by atoms with van der Waals surface area (Å²) in [6.45, 7) is 5.83. The number of nitrogens with one attached hydrogen (secondary N) is 3. The van der Waals surface area contributed by atoms with Crippen molar-refractivity contribution in [1.82, 2.24) is 15.5 Å². The van der Waals surface area contributed by atoms with Gasteiger partial charge in [-0.2, -0.15) is 5.10 Å². The lowest BCUT2D eigenvalue weighted by Gasteiger charge is -2.21. The van der Waals surface area contributed by atoms with Crippen molar-refractivity contribution in [3.63, 3.8) is 0 Å². The summed E-state index contributed by atoms with van der Waals surface area (Å²) in [7, 11) is 0. The molecule has 6 nitrogen and oxygen atoms in total. The Morgan fingerprint density at radius 3 is 2.83 bits per heavy atom. The molecule has 0 spiro atoms. The number of carbonyl (C=O) groups is 1. The fourth-order valence-corrected chi connectivity index (χ4v) is 2.67. The molecular weight excluding hydrogens is 311 g/mol. The van der Waals surface area contributed by atoms with Gasteiger partial charge >= 0.3 is 6.03 Å². The third-order valence-electron chi connectivity index (χ3n) is 3.93. The zero-order chi connectivity index (χ0) is 17.3. The summed E-state index contributed by atoms with van der Waals surface area (Å²) >= 11 is 0. The van der Waals surface area contributed by atoms with E-state index in [4.69, 9.17) is 4.42 Å². The highest BCUT2D eigenvalue weighted by molar-refractivity contribution is 5.89. The average Bonchev–Trinajstić information content (AvgIpc) is 3.14. The summed E-state index contributed by atoms with van der Waals surface area (Å²) in [5.74, 6) is 0.404. The van der Waals surface area contributed by atoms with Gasteiger partial charge in [0, 0.05) is 17.1 Å². The molecule has 0 saturated heterocycles. The highest BCUT2D eigenvalue weighted by Crippen LogP contribution is 2.33. The number of carbonyl (C=O) groups excluding carboxylic acids is 1. The number of nitrogens with zero attached hydrogens (tertiary/aromatic N) is 1. The highest BCUT2D eigenvalue weighted by atomic mass is 19.1. The molecule has 0 bridgehead atoms. The predicted octanol–water partition coefficient (Wildman–Crippen LogP) is 4.12. The van der Waals surface area contributed by atoms with E-state index >= 15 is 0 Å². The second-order valence-electron chi connectivity index (χ2n) is 6.04. The predicted molar refractivity (Wildman–Crippen MR) is 89.2 cm³/mol. The first kappa shape index (κ1) is 16.0. The van der Waals surface area contributed by atoms with E-state index in [9.17, 15) is 9.18 Å². The van der Waals surface area contributed by atoms with E-state index in [2.05, 4.69) is 20.8 Å². The summed E-state index contributed by atoms with van der Waals surface area (Å²) < 4.78 is 19.4. The Balaban J connectivity index is 1.88. The van der Waals surface area contributed by atoms with Gasteiger partial charge in [0.1, 0.15) is 17.2 Å². The van der Waals surface area contributed by atoms with E-state index in [1.807, 2.05) is 20.8 Å². The van der Waals surface area contributed by atoms with Crippen LogP contribution in [0.4, 0.5) is 14.9 Å². The fraction of sp³-hybridized carbons (Fsp3) is 0.294. The molecular formula is C17H19FN4O2. The lowest BCUT2D eigenvalue weighted by molar-refractivity contribution is 0.241. The lowest BCUT2D eigenvalue weighted by atomic mass is 9.98. The Bertz CT molecular complexity index is 855. The smallest absolute Gasteiger partial charge is 0.319 e. The van der Waals surface area contributed by atoms with Gasteiger partial charge in [-0.3, -0.25) is 5.10 Å². The Morgan fingerprint density at radius 1 is 1.38 bits per heavy atom. The number of hydrogen-bond acceptors (Lipinski definition) is 3. The van der Waals surface area contributed by atoms with Crippen LogP contribution in [0.5, 0.6) is 0 Å². The van der Waals surface area contributed by atoms with Gasteiger partial charge in [0.05, 0.1) is 17.9 Å². The number of halogens is 1. The molecule has 3 rings (SSSR count). The van der Waals surface area contributed by atoms with Crippen LogP contribution >= 0.6 is 0 Å². The van der Waals surface area contributed by atoms with Gasteiger partial charge < -0.3 is 15.1 Å². The van der Waals surface area contributed by atoms with Crippen LogP contribution in [-0.2, 0) is 0 Å². The second-order valence-corrected chi connectivity index (χ2v) is 6.04. The van der Waals surface area contributed by atoms with Gasteiger partial charge in [0.2, 0.25) is 0 Å². The first-order valence-electron chi connectivity index (χ1n) is 7.70. The lowest BCUT2D eigenvalue weighted by Crippen LogP contribution is -2.35. The summed E-state index contributed by atoms with van der Waals surface area (Å²) in [6, 6.07) is 3.71. The summed E-state index contributed by atoms with van der Waals surface area (Å²) in [5, 5.41) is 12.7. The largest absolute Gasteiger partial charge is 0.459 e. The molecule has 3 aromatic rings. The Hall–Kier alpha value is -2.83. The average molecular weight is 330 g/mol. The van der Waals surface area contributed by atoms with Crippen molar-refractivity contribution in [2.24, 2.45) is 5.92 Å². The van der Waals surface area contributed by atoms with Gasteiger partial charge in [-0.1, -0.05) is 13.8 Å². The highest BCUT2D eigenvalue weighted by Gasteiger charge is 2.25. The van der Waals surface area contributed by atoms with Crippen molar-refractivity contribution in [1.29, 1.82) is 0 Å². The van der Waals surface area contributed by atoms with Crippen LogP contribution in [0.2, 0.25) is 0 Å². The second kappa shape index (κ2) is 6.35.